The first kappa shape index (κ1) is 14.4. The predicted molar refractivity (Wildman–Crippen MR) is 82.6 cm³/mol. The quantitative estimate of drug-likeness (QED) is 0.869. The number of hydrogen-bond acceptors (Lipinski definition) is 4. The molecule has 0 radical (unpaired) electrons. The van der Waals surface area contributed by atoms with Gasteiger partial charge in [0.15, 0.2) is 5.69 Å². The Labute approximate surface area is 133 Å². The van der Waals surface area contributed by atoms with Crippen LogP contribution in [0.25, 0.3) is 5.69 Å². The van der Waals surface area contributed by atoms with E-state index in [1.807, 2.05) is 0 Å². The van der Waals surface area contributed by atoms with Gasteiger partial charge in [-0.05, 0) is 30.9 Å². The molecule has 0 bridgehead atoms. The fourth-order valence-corrected chi connectivity index (χ4v) is 3.89. The molecule has 120 valence electrons. The van der Waals surface area contributed by atoms with E-state index in [-0.39, 0.29) is 23.0 Å². The zero-order chi connectivity index (χ0) is 16.0. The molecule has 1 saturated carbocycles. The molecule has 2 aliphatic rings. The Balaban J connectivity index is 1.75. The molecule has 8 heteroatoms. The lowest BCUT2D eigenvalue weighted by atomic mass is 10.2. The summed E-state index contributed by atoms with van der Waals surface area (Å²) in [7, 11) is -3.60. The van der Waals surface area contributed by atoms with Crippen molar-refractivity contribution in [3.8, 4) is 5.69 Å². The second-order valence-electron chi connectivity index (χ2n) is 5.86. The molecule has 1 fully saturated rings. The van der Waals surface area contributed by atoms with Crippen LogP contribution in [0.2, 0.25) is 0 Å². The topological polar surface area (TPSA) is 93.1 Å². The largest absolute Gasteiger partial charge is 0.350 e. The van der Waals surface area contributed by atoms with Gasteiger partial charge in [-0.2, -0.15) is 0 Å². The Morgan fingerprint density at radius 3 is 2.91 bits per heavy atom. The normalized spacial score (nSPS) is 18.6. The zero-order valence-electron chi connectivity index (χ0n) is 12.3. The highest BCUT2D eigenvalue weighted by Crippen LogP contribution is 2.28. The van der Waals surface area contributed by atoms with Gasteiger partial charge in [0.2, 0.25) is 10.0 Å². The van der Waals surface area contributed by atoms with Crippen molar-refractivity contribution < 1.29 is 13.2 Å². The minimum Gasteiger partial charge on any atom is -0.350 e. The van der Waals surface area contributed by atoms with Crippen molar-refractivity contribution in [2.45, 2.75) is 24.3 Å². The van der Waals surface area contributed by atoms with Crippen LogP contribution in [0.4, 0.5) is 0 Å². The highest BCUT2D eigenvalue weighted by molar-refractivity contribution is 7.89. The minimum atomic E-state index is -3.60. The van der Waals surface area contributed by atoms with Gasteiger partial charge in [-0.15, -0.1) is 0 Å². The van der Waals surface area contributed by atoms with Crippen LogP contribution in [0.15, 0.2) is 35.5 Å². The highest BCUT2D eigenvalue weighted by atomic mass is 32.2. The third-order valence-corrected chi connectivity index (χ3v) is 5.62. The van der Waals surface area contributed by atoms with Gasteiger partial charge in [0, 0.05) is 6.54 Å². The van der Waals surface area contributed by atoms with Gasteiger partial charge < -0.3 is 5.32 Å². The number of sulfonamides is 1. The number of imidazole rings is 1. The van der Waals surface area contributed by atoms with Crippen molar-refractivity contribution in [1.29, 1.82) is 0 Å². The summed E-state index contributed by atoms with van der Waals surface area (Å²) < 4.78 is 28.8. The van der Waals surface area contributed by atoms with Gasteiger partial charge >= 0.3 is 0 Å². The summed E-state index contributed by atoms with van der Waals surface area (Å²) in [6.07, 6.45) is 3.80. The standard InChI is InChI=1S/C15H16N4O3S/c20-15(16-7-10-5-6-10)14-12-8-18-23(21,22)13-4-2-1-3-11(13)19(12)9-17-14/h1-4,9-10,18H,5-8H2,(H,16,20). The maximum atomic E-state index is 12.3. The van der Waals surface area contributed by atoms with Crippen LogP contribution in [0.5, 0.6) is 0 Å². The van der Waals surface area contributed by atoms with Gasteiger partial charge in [-0.1, -0.05) is 12.1 Å². The fraction of sp³-hybridized carbons (Fsp3) is 0.333. The molecule has 7 nitrogen and oxygen atoms in total. The van der Waals surface area contributed by atoms with E-state index in [0.29, 0.717) is 23.8 Å². The average molecular weight is 332 g/mol. The van der Waals surface area contributed by atoms with Gasteiger partial charge in [0.1, 0.15) is 11.2 Å². The van der Waals surface area contributed by atoms with E-state index in [4.69, 9.17) is 0 Å². The number of amides is 1. The van der Waals surface area contributed by atoms with Crippen LogP contribution in [0.1, 0.15) is 29.0 Å². The summed E-state index contributed by atoms with van der Waals surface area (Å²) in [5, 5.41) is 2.87. The van der Waals surface area contributed by atoms with E-state index < -0.39 is 10.0 Å². The van der Waals surface area contributed by atoms with Crippen molar-refractivity contribution in [2.24, 2.45) is 5.92 Å². The third-order valence-electron chi connectivity index (χ3n) is 4.17. The molecule has 0 saturated heterocycles. The first-order valence-corrected chi connectivity index (χ1v) is 8.98. The van der Waals surface area contributed by atoms with Crippen molar-refractivity contribution in [2.75, 3.05) is 6.54 Å². The molecule has 4 rings (SSSR count). The summed E-state index contributed by atoms with van der Waals surface area (Å²) in [6.45, 7) is 0.677. The zero-order valence-corrected chi connectivity index (χ0v) is 13.1. The molecule has 0 atom stereocenters. The Bertz CT molecular complexity index is 884. The van der Waals surface area contributed by atoms with Gasteiger partial charge in [0.05, 0.1) is 17.9 Å². The molecule has 1 aliphatic carbocycles. The van der Waals surface area contributed by atoms with Gasteiger partial charge in [-0.3, -0.25) is 9.36 Å². The molecule has 23 heavy (non-hydrogen) atoms. The Hall–Kier alpha value is -2.19. The molecule has 1 amide bonds. The van der Waals surface area contributed by atoms with Crippen LogP contribution in [0, 0.1) is 5.92 Å². The van der Waals surface area contributed by atoms with E-state index in [2.05, 4.69) is 15.0 Å². The molecule has 2 N–H and O–H groups in total. The fourth-order valence-electron chi connectivity index (χ4n) is 2.71. The third kappa shape index (κ3) is 2.53. The van der Waals surface area contributed by atoms with Crippen LogP contribution < -0.4 is 10.0 Å². The van der Waals surface area contributed by atoms with E-state index in [9.17, 15) is 13.2 Å². The number of rotatable bonds is 3. The number of benzene rings is 1. The second-order valence-corrected chi connectivity index (χ2v) is 7.59. The molecule has 2 aromatic rings. The number of carbonyl (C=O) groups excluding carboxylic acids is 1. The Morgan fingerprint density at radius 1 is 1.35 bits per heavy atom. The maximum absolute atomic E-state index is 12.3. The number of aromatic nitrogens is 2. The average Bonchev–Trinajstić information content (AvgIpc) is 3.29. The smallest absolute Gasteiger partial charge is 0.271 e. The number of hydrogen-bond donors (Lipinski definition) is 2. The molecule has 0 spiro atoms. The number of fused-ring (bicyclic) bond motifs is 3. The second kappa shape index (κ2) is 5.17. The number of nitrogens with one attached hydrogen (secondary N) is 2. The van der Waals surface area contributed by atoms with Gasteiger partial charge in [-0.25, -0.2) is 18.1 Å². The molecule has 1 aromatic heterocycles. The summed E-state index contributed by atoms with van der Waals surface area (Å²) in [4.78, 5) is 16.7. The predicted octanol–water partition coefficient (Wildman–Crippen LogP) is 0.804. The van der Waals surface area contributed by atoms with E-state index >= 15 is 0 Å². The first-order chi connectivity index (χ1) is 11.1. The van der Waals surface area contributed by atoms with Gasteiger partial charge in [0.25, 0.3) is 5.91 Å². The molecular weight excluding hydrogens is 316 g/mol. The van der Waals surface area contributed by atoms with Crippen molar-refractivity contribution in [3.63, 3.8) is 0 Å². The number of nitrogens with zero attached hydrogens (tertiary/aromatic N) is 2. The Morgan fingerprint density at radius 2 is 2.13 bits per heavy atom. The molecular formula is C15H16N4O3S. The number of para-hydroxylation sites is 1. The summed E-state index contributed by atoms with van der Waals surface area (Å²) in [5.74, 6) is 0.309. The minimum absolute atomic E-state index is 0.0309. The first-order valence-electron chi connectivity index (χ1n) is 7.50. The lowest BCUT2D eigenvalue weighted by Crippen LogP contribution is -2.28. The highest BCUT2D eigenvalue weighted by Gasteiger charge is 2.29. The molecule has 1 aromatic carbocycles. The van der Waals surface area contributed by atoms with Crippen LogP contribution >= 0.6 is 0 Å². The monoisotopic (exact) mass is 332 g/mol. The van der Waals surface area contributed by atoms with E-state index in [1.54, 1.807) is 28.8 Å². The van der Waals surface area contributed by atoms with Crippen molar-refractivity contribution >= 4 is 15.9 Å². The summed E-state index contributed by atoms with van der Waals surface area (Å²) in [6, 6.07) is 6.68. The SMILES string of the molecule is O=C(NCC1CC1)c1ncn2c1CNS(=O)(=O)c1ccccc1-2. The Kier molecular flexibility index (Phi) is 3.24. The summed E-state index contributed by atoms with van der Waals surface area (Å²) >= 11 is 0. The summed E-state index contributed by atoms with van der Waals surface area (Å²) in [5.41, 5.74) is 1.32. The number of carbonyl (C=O) groups is 1. The van der Waals surface area contributed by atoms with Crippen molar-refractivity contribution in [1.82, 2.24) is 19.6 Å². The molecule has 2 heterocycles. The lowest BCUT2D eigenvalue weighted by Gasteiger charge is -2.07. The maximum Gasteiger partial charge on any atom is 0.271 e. The lowest BCUT2D eigenvalue weighted by molar-refractivity contribution is 0.0946. The van der Waals surface area contributed by atoms with E-state index in [0.717, 1.165) is 12.8 Å². The molecule has 1 aliphatic heterocycles. The molecule has 0 unspecified atom stereocenters. The van der Waals surface area contributed by atoms with E-state index in [1.165, 1.54) is 6.33 Å². The van der Waals surface area contributed by atoms with Crippen LogP contribution in [-0.4, -0.2) is 30.4 Å². The van der Waals surface area contributed by atoms with Crippen LogP contribution in [0.3, 0.4) is 0 Å². The van der Waals surface area contributed by atoms with Crippen LogP contribution in [-0.2, 0) is 16.6 Å². The van der Waals surface area contributed by atoms with Crippen molar-refractivity contribution in [3.05, 3.63) is 42.0 Å².